The van der Waals surface area contributed by atoms with E-state index in [2.05, 4.69) is 0 Å². The van der Waals surface area contributed by atoms with Gasteiger partial charge in [-0.2, -0.15) is 0 Å². The Morgan fingerprint density at radius 3 is 2.50 bits per heavy atom. The average molecular weight is 293 g/mol. The van der Waals surface area contributed by atoms with Gasteiger partial charge in [-0.05, 0) is 31.2 Å². The van der Waals surface area contributed by atoms with Crippen molar-refractivity contribution in [3.05, 3.63) is 77.6 Å². The van der Waals surface area contributed by atoms with Crippen molar-refractivity contribution in [1.29, 1.82) is 0 Å². The molecule has 3 rings (SSSR count). The number of pyridine rings is 1. The van der Waals surface area contributed by atoms with Crippen molar-refractivity contribution < 1.29 is 14.3 Å². The van der Waals surface area contributed by atoms with E-state index in [1.54, 1.807) is 47.9 Å². The fourth-order valence-corrected chi connectivity index (χ4v) is 2.37. The number of fused-ring (bicyclic) bond motifs is 1. The lowest BCUT2D eigenvalue weighted by Gasteiger charge is -2.05. The summed E-state index contributed by atoms with van der Waals surface area (Å²) in [5, 5.41) is 0. The maximum atomic E-state index is 12.5. The quantitative estimate of drug-likeness (QED) is 0.547. The van der Waals surface area contributed by atoms with Gasteiger partial charge in [0.2, 0.25) is 5.78 Å². The lowest BCUT2D eigenvalue weighted by atomic mass is 10.1. The number of ketones is 1. The van der Waals surface area contributed by atoms with Gasteiger partial charge < -0.3 is 9.14 Å². The van der Waals surface area contributed by atoms with Crippen molar-refractivity contribution in [2.75, 3.05) is 6.61 Å². The molecule has 0 unspecified atom stereocenters. The molecule has 22 heavy (non-hydrogen) atoms. The minimum Gasteiger partial charge on any atom is -0.462 e. The number of esters is 1. The van der Waals surface area contributed by atoms with E-state index < -0.39 is 0 Å². The predicted octanol–water partition coefficient (Wildman–Crippen LogP) is 3.35. The number of hydrogen-bond acceptors (Lipinski definition) is 3. The molecule has 3 aromatic rings. The Morgan fingerprint density at radius 1 is 1.00 bits per heavy atom. The highest BCUT2D eigenvalue weighted by atomic mass is 16.5. The second kappa shape index (κ2) is 5.85. The van der Waals surface area contributed by atoms with Gasteiger partial charge in [0.1, 0.15) is 0 Å². The Labute approximate surface area is 128 Å². The zero-order valence-electron chi connectivity index (χ0n) is 12.2. The zero-order valence-corrected chi connectivity index (χ0v) is 12.2. The summed E-state index contributed by atoms with van der Waals surface area (Å²) in [5.74, 6) is -0.411. The molecule has 4 nitrogen and oxygen atoms in total. The van der Waals surface area contributed by atoms with Gasteiger partial charge in [0.15, 0.2) is 0 Å². The van der Waals surface area contributed by atoms with Crippen molar-refractivity contribution in [2.24, 2.45) is 0 Å². The van der Waals surface area contributed by atoms with Crippen LogP contribution in [0.15, 0.2) is 60.8 Å². The first-order valence-corrected chi connectivity index (χ1v) is 7.08. The SMILES string of the molecule is CCOC(=O)c1ccn2c(C(=O)c3ccccc3)ccc2c1. The van der Waals surface area contributed by atoms with Crippen LogP contribution < -0.4 is 0 Å². The first kappa shape index (κ1) is 14.1. The number of carbonyl (C=O) groups is 2. The van der Waals surface area contributed by atoms with Crippen LogP contribution >= 0.6 is 0 Å². The van der Waals surface area contributed by atoms with Gasteiger partial charge in [-0.1, -0.05) is 30.3 Å². The molecule has 0 radical (unpaired) electrons. The number of nitrogens with zero attached hydrogens (tertiary/aromatic N) is 1. The molecular formula is C18H15NO3. The standard InChI is InChI=1S/C18H15NO3/c1-2-22-18(21)14-10-11-19-15(12-14)8-9-16(19)17(20)13-6-4-3-5-7-13/h3-12H,2H2,1H3. The van der Waals surface area contributed by atoms with Crippen molar-refractivity contribution in [3.8, 4) is 0 Å². The Morgan fingerprint density at radius 2 is 1.77 bits per heavy atom. The Hall–Kier alpha value is -2.88. The third-order valence-electron chi connectivity index (χ3n) is 3.44. The monoisotopic (exact) mass is 293 g/mol. The van der Waals surface area contributed by atoms with E-state index in [0.717, 1.165) is 5.52 Å². The first-order valence-electron chi connectivity index (χ1n) is 7.08. The molecule has 0 aliphatic carbocycles. The van der Waals surface area contributed by atoms with E-state index in [-0.39, 0.29) is 11.8 Å². The highest BCUT2D eigenvalue weighted by Crippen LogP contribution is 2.16. The second-order valence-electron chi connectivity index (χ2n) is 4.84. The van der Waals surface area contributed by atoms with Gasteiger partial charge in [0.25, 0.3) is 0 Å². The normalized spacial score (nSPS) is 10.6. The molecule has 110 valence electrons. The van der Waals surface area contributed by atoms with Crippen LogP contribution in [-0.4, -0.2) is 22.8 Å². The van der Waals surface area contributed by atoms with Crippen LogP contribution in [0.5, 0.6) is 0 Å². The van der Waals surface area contributed by atoms with Gasteiger partial charge in [-0.3, -0.25) is 4.79 Å². The summed E-state index contributed by atoms with van der Waals surface area (Å²) in [4.78, 5) is 24.3. The number of rotatable bonds is 4. The van der Waals surface area contributed by atoms with Gasteiger partial charge in [0, 0.05) is 17.3 Å². The molecule has 0 amide bonds. The molecule has 0 aliphatic heterocycles. The van der Waals surface area contributed by atoms with Crippen molar-refractivity contribution >= 4 is 17.3 Å². The summed E-state index contributed by atoms with van der Waals surface area (Å²) in [6, 6.07) is 16.1. The van der Waals surface area contributed by atoms with Crippen LogP contribution in [0.4, 0.5) is 0 Å². The van der Waals surface area contributed by atoms with Gasteiger partial charge >= 0.3 is 5.97 Å². The van der Waals surface area contributed by atoms with E-state index in [0.29, 0.717) is 23.4 Å². The summed E-state index contributed by atoms with van der Waals surface area (Å²) in [5.41, 5.74) is 2.46. The fraction of sp³-hybridized carbons (Fsp3) is 0.111. The Kier molecular flexibility index (Phi) is 3.74. The minimum absolute atomic E-state index is 0.0514. The van der Waals surface area contributed by atoms with E-state index in [4.69, 9.17) is 4.74 Å². The van der Waals surface area contributed by atoms with Crippen molar-refractivity contribution in [1.82, 2.24) is 4.40 Å². The average Bonchev–Trinajstić information content (AvgIpc) is 2.98. The van der Waals surface area contributed by atoms with Crippen molar-refractivity contribution in [3.63, 3.8) is 0 Å². The molecule has 0 aliphatic rings. The second-order valence-corrected chi connectivity index (χ2v) is 4.84. The topological polar surface area (TPSA) is 47.8 Å². The number of benzene rings is 1. The lowest BCUT2D eigenvalue weighted by Crippen LogP contribution is -2.07. The van der Waals surface area contributed by atoms with Gasteiger partial charge in [-0.15, -0.1) is 0 Å². The molecule has 2 aromatic heterocycles. The molecule has 0 bridgehead atoms. The van der Waals surface area contributed by atoms with E-state index in [1.165, 1.54) is 0 Å². The molecule has 0 saturated carbocycles. The highest BCUT2D eigenvalue weighted by molar-refractivity contribution is 6.08. The van der Waals surface area contributed by atoms with Crippen LogP contribution in [0.3, 0.4) is 0 Å². The summed E-state index contributed by atoms with van der Waals surface area (Å²) < 4.78 is 6.76. The van der Waals surface area contributed by atoms with Crippen LogP contribution in [-0.2, 0) is 4.74 Å². The molecular weight excluding hydrogens is 278 g/mol. The van der Waals surface area contributed by atoms with Crippen LogP contribution in [0.25, 0.3) is 5.52 Å². The maximum absolute atomic E-state index is 12.5. The summed E-state index contributed by atoms with van der Waals surface area (Å²) >= 11 is 0. The largest absolute Gasteiger partial charge is 0.462 e. The summed E-state index contributed by atoms with van der Waals surface area (Å²) in [7, 11) is 0. The third-order valence-corrected chi connectivity index (χ3v) is 3.44. The first-order chi connectivity index (χ1) is 10.7. The minimum atomic E-state index is -0.359. The molecule has 0 atom stereocenters. The smallest absolute Gasteiger partial charge is 0.338 e. The number of aromatic nitrogens is 1. The van der Waals surface area contributed by atoms with Crippen LogP contribution in [0.1, 0.15) is 33.3 Å². The van der Waals surface area contributed by atoms with Crippen LogP contribution in [0.2, 0.25) is 0 Å². The van der Waals surface area contributed by atoms with Gasteiger partial charge in [0.05, 0.1) is 17.9 Å². The Balaban J connectivity index is 2.00. The number of hydrogen-bond donors (Lipinski definition) is 0. The fourth-order valence-electron chi connectivity index (χ4n) is 2.37. The third kappa shape index (κ3) is 2.51. The van der Waals surface area contributed by atoms with E-state index in [1.807, 2.05) is 24.3 Å². The maximum Gasteiger partial charge on any atom is 0.338 e. The van der Waals surface area contributed by atoms with E-state index in [9.17, 15) is 9.59 Å². The summed E-state index contributed by atoms with van der Waals surface area (Å²) in [6.07, 6.45) is 1.72. The highest BCUT2D eigenvalue weighted by Gasteiger charge is 2.14. The molecule has 0 fully saturated rings. The molecule has 4 heteroatoms. The number of ether oxygens (including phenoxy) is 1. The number of carbonyl (C=O) groups excluding carboxylic acids is 2. The summed E-state index contributed by atoms with van der Waals surface area (Å²) in [6.45, 7) is 2.10. The van der Waals surface area contributed by atoms with Crippen LogP contribution in [0, 0.1) is 0 Å². The lowest BCUT2D eigenvalue weighted by molar-refractivity contribution is 0.0526. The zero-order chi connectivity index (χ0) is 15.5. The van der Waals surface area contributed by atoms with E-state index >= 15 is 0 Å². The predicted molar refractivity (Wildman–Crippen MR) is 83.2 cm³/mol. The molecule has 1 aromatic carbocycles. The molecule has 0 saturated heterocycles. The molecule has 2 heterocycles. The van der Waals surface area contributed by atoms with Crippen molar-refractivity contribution in [2.45, 2.75) is 6.92 Å². The molecule has 0 N–H and O–H groups in total. The van der Waals surface area contributed by atoms with Gasteiger partial charge in [-0.25, -0.2) is 4.79 Å². The Bertz CT molecular complexity index is 834. The molecule has 0 spiro atoms.